The van der Waals surface area contributed by atoms with Crippen LogP contribution in [-0.4, -0.2) is 65.4 Å². The molecule has 1 atom stereocenters. The predicted octanol–water partition coefficient (Wildman–Crippen LogP) is 2.44. The van der Waals surface area contributed by atoms with Crippen LogP contribution in [-0.2, 0) is 16.1 Å². The molecule has 2 saturated heterocycles. The zero-order chi connectivity index (χ0) is 22.7. The molecule has 0 saturated carbocycles. The smallest absolute Gasteiger partial charge is 0.273 e. The van der Waals surface area contributed by atoms with E-state index in [9.17, 15) is 19.7 Å². The molecule has 0 aromatic heterocycles. The monoisotopic (exact) mass is 438 g/mol. The van der Waals surface area contributed by atoms with Crippen molar-refractivity contribution >= 4 is 23.2 Å². The minimum atomic E-state index is -0.530. The molecule has 1 unspecified atom stereocenters. The van der Waals surface area contributed by atoms with Gasteiger partial charge < -0.3 is 4.74 Å². The normalized spacial score (nSPS) is 20.0. The standard InChI is InChI=1S/C23H26N4O5/c1-2-32-21-14-18(27(30)31)8-9-19(21)26-22(28)15-20(23(26)29)25-12-10-24(11-13-25)16-17-6-4-3-5-7-17/h3-9,14,20H,2,10-13,15-16H2,1H3. The summed E-state index contributed by atoms with van der Waals surface area (Å²) in [5, 5.41) is 11.1. The number of nitro groups is 1. The van der Waals surface area contributed by atoms with Gasteiger partial charge >= 0.3 is 0 Å². The minimum absolute atomic E-state index is 0.0973. The summed E-state index contributed by atoms with van der Waals surface area (Å²) >= 11 is 0. The van der Waals surface area contributed by atoms with Crippen molar-refractivity contribution in [3.63, 3.8) is 0 Å². The predicted molar refractivity (Wildman–Crippen MR) is 118 cm³/mol. The molecule has 2 aromatic rings. The number of piperazine rings is 1. The number of rotatable bonds is 7. The van der Waals surface area contributed by atoms with Gasteiger partial charge in [0.2, 0.25) is 5.91 Å². The van der Waals surface area contributed by atoms with E-state index in [0.717, 1.165) is 24.5 Å². The SMILES string of the molecule is CCOc1cc([N+](=O)[O-])ccc1N1C(=O)CC(N2CCN(Cc3ccccc3)CC2)C1=O. The lowest BCUT2D eigenvalue weighted by atomic mass is 10.1. The largest absolute Gasteiger partial charge is 0.491 e. The van der Waals surface area contributed by atoms with Gasteiger partial charge in [-0.3, -0.25) is 29.5 Å². The van der Waals surface area contributed by atoms with E-state index in [1.807, 2.05) is 18.2 Å². The van der Waals surface area contributed by atoms with Crippen molar-refractivity contribution in [2.75, 3.05) is 37.7 Å². The number of carbonyl (C=O) groups excluding carboxylic acids is 2. The number of hydrogen-bond acceptors (Lipinski definition) is 7. The Balaban J connectivity index is 1.45. The lowest BCUT2D eigenvalue weighted by molar-refractivity contribution is -0.384. The number of carbonyl (C=O) groups is 2. The van der Waals surface area contributed by atoms with Crippen LogP contribution in [0, 0.1) is 10.1 Å². The Labute approximate surface area is 186 Å². The van der Waals surface area contributed by atoms with Crippen LogP contribution in [0.2, 0.25) is 0 Å². The highest BCUT2D eigenvalue weighted by atomic mass is 16.6. The second kappa shape index (κ2) is 9.46. The van der Waals surface area contributed by atoms with Gasteiger partial charge in [-0.1, -0.05) is 30.3 Å². The Hall–Kier alpha value is -3.30. The molecule has 0 N–H and O–H groups in total. The maximum absolute atomic E-state index is 13.2. The summed E-state index contributed by atoms with van der Waals surface area (Å²) in [7, 11) is 0. The fraction of sp³-hybridized carbons (Fsp3) is 0.391. The van der Waals surface area contributed by atoms with E-state index in [0.29, 0.717) is 13.1 Å². The van der Waals surface area contributed by atoms with Gasteiger partial charge in [0.1, 0.15) is 5.75 Å². The number of ether oxygens (including phenoxy) is 1. The van der Waals surface area contributed by atoms with Gasteiger partial charge in [-0.25, -0.2) is 4.90 Å². The van der Waals surface area contributed by atoms with Gasteiger partial charge in [0.25, 0.3) is 11.6 Å². The van der Waals surface area contributed by atoms with Crippen LogP contribution in [0.25, 0.3) is 0 Å². The zero-order valence-corrected chi connectivity index (χ0v) is 18.0. The molecule has 0 aliphatic carbocycles. The molecule has 2 heterocycles. The second-order valence-corrected chi connectivity index (χ2v) is 7.93. The van der Waals surface area contributed by atoms with Gasteiger partial charge in [0.15, 0.2) is 0 Å². The molecule has 2 fully saturated rings. The van der Waals surface area contributed by atoms with E-state index in [1.54, 1.807) is 6.92 Å². The number of nitro benzene ring substituents is 1. The molecule has 168 valence electrons. The van der Waals surface area contributed by atoms with Gasteiger partial charge in [0.05, 0.1) is 35.7 Å². The summed E-state index contributed by atoms with van der Waals surface area (Å²) < 4.78 is 5.52. The summed E-state index contributed by atoms with van der Waals surface area (Å²) in [4.78, 5) is 42.1. The average Bonchev–Trinajstić information content (AvgIpc) is 3.09. The molecule has 2 aliphatic heterocycles. The zero-order valence-electron chi connectivity index (χ0n) is 18.0. The topological polar surface area (TPSA) is 96.2 Å². The van der Waals surface area contributed by atoms with Crippen molar-refractivity contribution in [3.8, 4) is 5.75 Å². The first-order valence-corrected chi connectivity index (χ1v) is 10.8. The van der Waals surface area contributed by atoms with Crippen molar-refractivity contribution < 1.29 is 19.2 Å². The van der Waals surface area contributed by atoms with E-state index in [4.69, 9.17) is 4.74 Å². The maximum atomic E-state index is 13.2. The summed E-state index contributed by atoms with van der Waals surface area (Å²) in [6.45, 7) is 5.89. The lowest BCUT2D eigenvalue weighted by Crippen LogP contribution is -2.52. The van der Waals surface area contributed by atoms with E-state index >= 15 is 0 Å². The molecule has 9 nitrogen and oxygen atoms in total. The van der Waals surface area contributed by atoms with E-state index in [1.165, 1.54) is 23.8 Å². The quantitative estimate of drug-likeness (QED) is 0.372. The van der Waals surface area contributed by atoms with Gasteiger partial charge in [-0.15, -0.1) is 0 Å². The van der Waals surface area contributed by atoms with Crippen LogP contribution >= 0.6 is 0 Å². The summed E-state index contributed by atoms with van der Waals surface area (Å²) in [5.41, 5.74) is 1.36. The Kier molecular flexibility index (Phi) is 6.48. The first kappa shape index (κ1) is 21.9. The van der Waals surface area contributed by atoms with Crippen LogP contribution in [0.5, 0.6) is 5.75 Å². The molecule has 4 rings (SSSR count). The number of imide groups is 1. The fourth-order valence-electron chi connectivity index (χ4n) is 4.30. The summed E-state index contributed by atoms with van der Waals surface area (Å²) in [6.07, 6.45) is 0.0973. The Bertz CT molecular complexity index is 1000. The third kappa shape index (κ3) is 4.49. The molecular formula is C23H26N4O5. The Morgan fingerprint density at radius 2 is 1.78 bits per heavy atom. The van der Waals surface area contributed by atoms with Crippen LogP contribution in [0.15, 0.2) is 48.5 Å². The van der Waals surface area contributed by atoms with Crippen LogP contribution in [0.3, 0.4) is 0 Å². The number of benzene rings is 2. The van der Waals surface area contributed by atoms with Gasteiger partial charge in [0, 0.05) is 38.8 Å². The Morgan fingerprint density at radius 3 is 2.44 bits per heavy atom. The molecule has 32 heavy (non-hydrogen) atoms. The lowest BCUT2D eigenvalue weighted by Gasteiger charge is -2.37. The van der Waals surface area contributed by atoms with Crippen molar-refractivity contribution in [1.29, 1.82) is 0 Å². The number of hydrogen-bond donors (Lipinski definition) is 0. The van der Waals surface area contributed by atoms with Crippen molar-refractivity contribution in [2.45, 2.75) is 25.9 Å². The van der Waals surface area contributed by atoms with Gasteiger partial charge in [-0.2, -0.15) is 0 Å². The van der Waals surface area contributed by atoms with E-state index < -0.39 is 11.0 Å². The highest BCUT2D eigenvalue weighted by molar-refractivity contribution is 6.23. The molecule has 0 spiro atoms. The third-order valence-electron chi connectivity index (χ3n) is 5.91. The highest BCUT2D eigenvalue weighted by Gasteiger charge is 2.44. The first-order valence-electron chi connectivity index (χ1n) is 10.8. The molecule has 0 radical (unpaired) electrons. The number of nitrogens with zero attached hydrogens (tertiary/aromatic N) is 4. The van der Waals surface area contributed by atoms with E-state index in [2.05, 4.69) is 21.9 Å². The maximum Gasteiger partial charge on any atom is 0.273 e. The minimum Gasteiger partial charge on any atom is -0.491 e. The third-order valence-corrected chi connectivity index (χ3v) is 5.91. The summed E-state index contributed by atoms with van der Waals surface area (Å²) in [6, 6.07) is 13.7. The van der Waals surface area contributed by atoms with Crippen molar-refractivity contribution in [2.24, 2.45) is 0 Å². The molecular weight excluding hydrogens is 412 g/mol. The van der Waals surface area contributed by atoms with Crippen LogP contribution in [0.1, 0.15) is 18.9 Å². The fourth-order valence-corrected chi connectivity index (χ4v) is 4.30. The van der Waals surface area contributed by atoms with Crippen LogP contribution < -0.4 is 9.64 Å². The number of anilines is 1. The van der Waals surface area contributed by atoms with Crippen molar-refractivity contribution in [1.82, 2.24) is 9.80 Å². The highest BCUT2D eigenvalue weighted by Crippen LogP contribution is 2.36. The average molecular weight is 438 g/mol. The molecule has 2 aliphatic rings. The summed E-state index contributed by atoms with van der Waals surface area (Å²) in [5.74, 6) is -0.459. The molecule has 0 bridgehead atoms. The second-order valence-electron chi connectivity index (χ2n) is 7.93. The first-order chi connectivity index (χ1) is 15.5. The molecule has 2 aromatic carbocycles. The van der Waals surface area contributed by atoms with Gasteiger partial charge in [-0.05, 0) is 18.6 Å². The number of amides is 2. The Morgan fingerprint density at radius 1 is 1.06 bits per heavy atom. The molecule has 9 heteroatoms. The van der Waals surface area contributed by atoms with Crippen LogP contribution in [0.4, 0.5) is 11.4 Å². The number of non-ortho nitro benzene ring substituents is 1. The van der Waals surface area contributed by atoms with E-state index in [-0.39, 0.29) is 42.0 Å². The van der Waals surface area contributed by atoms with Crippen molar-refractivity contribution in [3.05, 3.63) is 64.2 Å². The molecule has 2 amide bonds.